The standard InChI is InChI=1S/C26H32N10/c1-17-20(13-21(27-2)19-12-18(14-28-15-19)16-34(3)4)23(33-32-17)26-30-24-22(6-7-29-25(24)31-26)36-10-8-35(5)9-11-36/h6-7,12-15,32H,1,8-11,16H2,2-5H3,(H,29,30,31)/b20-13+,27-21+. The normalized spacial score (nSPS) is 16.0. The maximum atomic E-state index is 4.94. The van der Waals surface area contributed by atoms with Gasteiger partial charge in [-0.25, -0.2) is 9.97 Å². The number of aliphatic imine (C=N–C) groups is 1. The van der Waals surface area contributed by atoms with Gasteiger partial charge in [0.25, 0.3) is 0 Å². The van der Waals surface area contributed by atoms with Crippen LogP contribution in [0.15, 0.2) is 35.7 Å². The highest BCUT2D eigenvalue weighted by Gasteiger charge is 2.20. The van der Waals surface area contributed by atoms with Crippen LogP contribution in [0.1, 0.15) is 11.1 Å². The number of likely N-dealkylation sites (N-methyl/N-ethyl adjacent to an activating group) is 1. The first-order valence-corrected chi connectivity index (χ1v) is 12.0. The summed E-state index contributed by atoms with van der Waals surface area (Å²) < 4.78 is 0. The number of rotatable bonds is 6. The third-order valence-corrected chi connectivity index (χ3v) is 6.43. The Morgan fingerprint density at radius 1 is 1.22 bits per heavy atom. The van der Waals surface area contributed by atoms with Crippen LogP contribution < -0.4 is 15.5 Å². The minimum Gasteiger partial charge on any atom is -0.367 e. The fourth-order valence-corrected chi connectivity index (χ4v) is 4.53. The Morgan fingerprint density at radius 3 is 2.78 bits per heavy atom. The SMILES string of the molecule is C=c1[nH]nc(-c2nc3c(N4CCN(C)CC4)ccnc3[nH]2)/c1=C/C(=N\C)c1cncc(CN(C)C)c1. The summed E-state index contributed by atoms with van der Waals surface area (Å²) in [6, 6.07) is 4.15. The van der Waals surface area contributed by atoms with Crippen LogP contribution in [0.5, 0.6) is 0 Å². The van der Waals surface area contributed by atoms with Crippen LogP contribution in [0, 0.1) is 0 Å². The highest BCUT2D eigenvalue weighted by molar-refractivity contribution is 6.21. The Balaban J connectivity index is 1.55. The van der Waals surface area contributed by atoms with Gasteiger partial charge in [0.2, 0.25) is 0 Å². The maximum absolute atomic E-state index is 4.94. The Bertz CT molecular complexity index is 1510. The maximum Gasteiger partial charge on any atom is 0.161 e. The molecule has 0 atom stereocenters. The van der Waals surface area contributed by atoms with Crippen molar-refractivity contribution in [2.75, 3.05) is 59.3 Å². The van der Waals surface area contributed by atoms with Crippen molar-refractivity contribution in [3.63, 3.8) is 0 Å². The zero-order chi connectivity index (χ0) is 25.2. The predicted molar refractivity (Wildman–Crippen MR) is 145 cm³/mol. The molecule has 5 rings (SSSR count). The molecule has 4 aromatic heterocycles. The minimum atomic E-state index is 0.645. The van der Waals surface area contributed by atoms with E-state index in [-0.39, 0.29) is 0 Å². The number of nitrogens with one attached hydrogen (secondary N) is 2. The molecular formula is C26H32N10. The Morgan fingerprint density at radius 2 is 2.03 bits per heavy atom. The molecule has 2 N–H and O–H groups in total. The molecule has 1 saturated heterocycles. The molecule has 186 valence electrons. The molecule has 1 aliphatic rings. The van der Waals surface area contributed by atoms with Crippen LogP contribution in [-0.2, 0) is 6.54 Å². The second-order valence-electron chi connectivity index (χ2n) is 9.44. The summed E-state index contributed by atoms with van der Waals surface area (Å²) in [7, 11) is 8.01. The fourth-order valence-electron chi connectivity index (χ4n) is 4.53. The van der Waals surface area contributed by atoms with Gasteiger partial charge in [0.05, 0.1) is 16.7 Å². The zero-order valence-corrected chi connectivity index (χ0v) is 21.3. The lowest BCUT2D eigenvalue weighted by molar-refractivity contribution is 0.313. The van der Waals surface area contributed by atoms with E-state index in [2.05, 4.69) is 64.5 Å². The van der Waals surface area contributed by atoms with Gasteiger partial charge in [-0.05, 0) is 44.9 Å². The van der Waals surface area contributed by atoms with Crippen molar-refractivity contribution in [3.8, 4) is 11.5 Å². The second kappa shape index (κ2) is 10.00. The smallest absolute Gasteiger partial charge is 0.161 e. The van der Waals surface area contributed by atoms with Crippen molar-refractivity contribution in [2.45, 2.75) is 6.54 Å². The van der Waals surface area contributed by atoms with Crippen molar-refractivity contribution >= 4 is 35.2 Å². The van der Waals surface area contributed by atoms with E-state index in [1.54, 1.807) is 7.05 Å². The molecule has 0 aliphatic carbocycles. The first-order valence-electron chi connectivity index (χ1n) is 12.0. The number of fused-ring (bicyclic) bond motifs is 1. The number of aromatic nitrogens is 6. The number of piperazine rings is 1. The van der Waals surface area contributed by atoms with E-state index in [9.17, 15) is 0 Å². The average Bonchev–Trinajstić information content (AvgIpc) is 3.46. The molecule has 0 aromatic carbocycles. The topological polar surface area (TPSA) is 105 Å². The summed E-state index contributed by atoms with van der Waals surface area (Å²) in [4.78, 5) is 28.6. The number of hydrogen-bond acceptors (Lipinski definition) is 8. The van der Waals surface area contributed by atoms with Crippen molar-refractivity contribution in [3.05, 3.63) is 52.4 Å². The van der Waals surface area contributed by atoms with E-state index < -0.39 is 0 Å². The predicted octanol–water partition coefficient (Wildman–Crippen LogP) is 0.866. The first-order chi connectivity index (χ1) is 17.4. The molecule has 4 aromatic rings. The van der Waals surface area contributed by atoms with Crippen LogP contribution in [0.4, 0.5) is 5.69 Å². The number of nitrogens with zero attached hydrogens (tertiary/aromatic N) is 8. The van der Waals surface area contributed by atoms with Gasteiger partial charge in [-0.1, -0.05) is 6.58 Å². The van der Waals surface area contributed by atoms with Gasteiger partial charge in [0.1, 0.15) is 11.2 Å². The van der Waals surface area contributed by atoms with Gasteiger partial charge >= 0.3 is 0 Å². The summed E-state index contributed by atoms with van der Waals surface area (Å²) in [6.45, 7) is 8.92. The zero-order valence-electron chi connectivity index (χ0n) is 21.3. The monoisotopic (exact) mass is 484 g/mol. The average molecular weight is 485 g/mol. The lowest BCUT2D eigenvalue weighted by Crippen LogP contribution is -2.44. The molecule has 0 saturated carbocycles. The molecule has 5 heterocycles. The van der Waals surface area contributed by atoms with Crippen LogP contribution >= 0.6 is 0 Å². The molecule has 0 spiro atoms. The van der Waals surface area contributed by atoms with Crippen molar-refractivity contribution in [2.24, 2.45) is 4.99 Å². The highest BCUT2D eigenvalue weighted by atomic mass is 15.3. The van der Waals surface area contributed by atoms with E-state index in [0.717, 1.165) is 71.6 Å². The van der Waals surface area contributed by atoms with E-state index >= 15 is 0 Å². The summed E-state index contributed by atoms with van der Waals surface area (Å²) in [6.07, 6.45) is 7.53. The summed E-state index contributed by atoms with van der Waals surface area (Å²) in [5.41, 5.74) is 6.21. The van der Waals surface area contributed by atoms with Crippen LogP contribution in [0.3, 0.4) is 0 Å². The van der Waals surface area contributed by atoms with Crippen molar-refractivity contribution in [1.29, 1.82) is 0 Å². The number of pyridine rings is 2. The van der Waals surface area contributed by atoms with E-state index in [1.807, 2.05) is 44.8 Å². The van der Waals surface area contributed by atoms with Crippen molar-refractivity contribution < 1.29 is 0 Å². The van der Waals surface area contributed by atoms with E-state index in [4.69, 9.17) is 4.98 Å². The second-order valence-corrected chi connectivity index (χ2v) is 9.44. The molecular weight excluding hydrogens is 452 g/mol. The van der Waals surface area contributed by atoms with Crippen LogP contribution in [0.25, 0.3) is 35.3 Å². The summed E-state index contributed by atoms with van der Waals surface area (Å²) in [5.74, 6) is 0.645. The minimum absolute atomic E-state index is 0.645. The van der Waals surface area contributed by atoms with Gasteiger partial charge in [-0.15, -0.1) is 0 Å². The lowest BCUT2D eigenvalue weighted by atomic mass is 10.1. The number of hydrogen-bond donors (Lipinski definition) is 2. The van der Waals surface area contributed by atoms with Gasteiger partial charge in [-0.3, -0.25) is 15.1 Å². The Labute approximate surface area is 210 Å². The summed E-state index contributed by atoms with van der Waals surface area (Å²) in [5, 5.41) is 9.07. The third-order valence-electron chi connectivity index (χ3n) is 6.43. The molecule has 10 heteroatoms. The summed E-state index contributed by atoms with van der Waals surface area (Å²) >= 11 is 0. The van der Waals surface area contributed by atoms with Gasteiger partial charge in [0, 0.05) is 69.1 Å². The molecule has 10 nitrogen and oxygen atoms in total. The third kappa shape index (κ3) is 4.77. The molecule has 1 fully saturated rings. The quantitative estimate of drug-likeness (QED) is 0.391. The lowest BCUT2D eigenvalue weighted by Gasteiger charge is -2.33. The van der Waals surface area contributed by atoms with Crippen LogP contribution in [0.2, 0.25) is 0 Å². The largest absolute Gasteiger partial charge is 0.367 e. The van der Waals surface area contributed by atoms with Gasteiger partial charge < -0.3 is 19.7 Å². The fraction of sp³-hybridized carbons (Fsp3) is 0.346. The van der Waals surface area contributed by atoms with Gasteiger partial charge in [0.15, 0.2) is 11.5 Å². The Kier molecular flexibility index (Phi) is 6.62. The number of aromatic amines is 2. The van der Waals surface area contributed by atoms with E-state index in [0.29, 0.717) is 16.9 Å². The van der Waals surface area contributed by atoms with E-state index in [1.165, 1.54) is 0 Å². The molecule has 36 heavy (non-hydrogen) atoms. The van der Waals surface area contributed by atoms with Crippen molar-refractivity contribution in [1.82, 2.24) is 39.9 Å². The number of H-pyrrole nitrogens is 2. The Hall–Kier alpha value is -3.89. The van der Waals surface area contributed by atoms with Gasteiger partial charge in [-0.2, -0.15) is 5.10 Å². The number of imidazole rings is 1. The van der Waals surface area contributed by atoms with Crippen LogP contribution in [-0.4, -0.2) is 100 Å². The molecule has 0 unspecified atom stereocenters. The molecule has 0 amide bonds. The number of anilines is 1. The first kappa shape index (κ1) is 23.8. The molecule has 0 bridgehead atoms. The molecule has 0 radical (unpaired) electrons. The molecule has 1 aliphatic heterocycles. The highest BCUT2D eigenvalue weighted by Crippen LogP contribution is 2.26.